The second kappa shape index (κ2) is 9.07. The maximum Gasteiger partial charge on any atom is 0.128 e. The zero-order valence-corrected chi connectivity index (χ0v) is 19.4. The summed E-state index contributed by atoms with van der Waals surface area (Å²) in [5.41, 5.74) is 8.11. The van der Waals surface area contributed by atoms with Crippen LogP contribution in [0, 0.1) is 6.92 Å². The normalized spacial score (nSPS) is 16.4. The predicted molar refractivity (Wildman–Crippen MR) is 141 cm³/mol. The van der Waals surface area contributed by atoms with Gasteiger partial charge in [0.2, 0.25) is 0 Å². The SMILES string of the molecule is C=C/C=C(\CCC)C1=NCC(n2c3ccccc3c3cc(C4=CC=CCC4)nc(C)c32)=CN1. The van der Waals surface area contributed by atoms with E-state index in [4.69, 9.17) is 9.98 Å². The first-order valence-corrected chi connectivity index (χ1v) is 11.8. The molecule has 0 atom stereocenters. The summed E-state index contributed by atoms with van der Waals surface area (Å²) in [7, 11) is 0. The van der Waals surface area contributed by atoms with E-state index in [9.17, 15) is 0 Å². The van der Waals surface area contributed by atoms with Crippen LogP contribution in [0.3, 0.4) is 0 Å². The van der Waals surface area contributed by atoms with Gasteiger partial charge in [0.05, 0.1) is 34.7 Å². The number of nitrogens with zero attached hydrogens (tertiary/aromatic N) is 3. The highest BCUT2D eigenvalue weighted by Gasteiger charge is 2.20. The number of aliphatic imine (C=N–C) groups is 1. The largest absolute Gasteiger partial charge is 0.345 e. The monoisotopic (exact) mass is 434 g/mol. The molecule has 166 valence electrons. The molecule has 0 fully saturated rings. The quantitative estimate of drug-likeness (QED) is 0.427. The summed E-state index contributed by atoms with van der Waals surface area (Å²) >= 11 is 0. The van der Waals surface area contributed by atoms with Gasteiger partial charge < -0.3 is 9.88 Å². The maximum atomic E-state index is 5.04. The van der Waals surface area contributed by atoms with Crippen molar-refractivity contribution in [3.63, 3.8) is 0 Å². The van der Waals surface area contributed by atoms with Crippen LogP contribution in [0.4, 0.5) is 0 Å². The Labute approximate surface area is 195 Å². The molecule has 0 bridgehead atoms. The fourth-order valence-corrected chi connectivity index (χ4v) is 4.87. The minimum Gasteiger partial charge on any atom is -0.345 e. The van der Waals surface area contributed by atoms with E-state index >= 15 is 0 Å². The van der Waals surface area contributed by atoms with Crippen LogP contribution in [0.2, 0.25) is 0 Å². The third-order valence-electron chi connectivity index (χ3n) is 6.37. The lowest BCUT2D eigenvalue weighted by Gasteiger charge is -2.20. The van der Waals surface area contributed by atoms with Gasteiger partial charge in [-0.05, 0) is 49.5 Å². The van der Waals surface area contributed by atoms with E-state index in [-0.39, 0.29) is 0 Å². The summed E-state index contributed by atoms with van der Waals surface area (Å²) in [4.78, 5) is 9.94. The molecule has 3 heterocycles. The minimum absolute atomic E-state index is 0.617. The van der Waals surface area contributed by atoms with Crippen molar-refractivity contribution < 1.29 is 0 Å². The molecule has 3 aromatic rings. The first-order valence-electron chi connectivity index (χ1n) is 11.8. The molecular weight excluding hydrogens is 404 g/mol. The first kappa shape index (κ1) is 21.2. The Morgan fingerprint density at radius 1 is 1.24 bits per heavy atom. The van der Waals surface area contributed by atoms with E-state index in [1.54, 1.807) is 0 Å². The second-order valence-corrected chi connectivity index (χ2v) is 8.62. The lowest BCUT2D eigenvalue weighted by Crippen LogP contribution is -2.26. The highest BCUT2D eigenvalue weighted by atomic mass is 15.1. The fourth-order valence-electron chi connectivity index (χ4n) is 4.87. The average molecular weight is 435 g/mol. The number of para-hydroxylation sites is 1. The fraction of sp³-hybridized carbons (Fsp3) is 0.241. The van der Waals surface area contributed by atoms with Crippen molar-refractivity contribution in [2.24, 2.45) is 4.99 Å². The molecule has 1 N–H and O–H groups in total. The first-order chi connectivity index (χ1) is 16.2. The zero-order valence-electron chi connectivity index (χ0n) is 19.4. The van der Waals surface area contributed by atoms with Crippen LogP contribution in [0.1, 0.15) is 44.0 Å². The summed E-state index contributed by atoms with van der Waals surface area (Å²) in [6, 6.07) is 10.9. The van der Waals surface area contributed by atoms with Gasteiger partial charge in [0.25, 0.3) is 0 Å². The smallest absolute Gasteiger partial charge is 0.128 e. The number of rotatable bonds is 6. The van der Waals surface area contributed by atoms with Crippen LogP contribution >= 0.6 is 0 Å². The van der Waals surface area contributed by atoms with Crippen LogP contribution in [0.5, 0.6) is 0 Å². The van der Waals surface area contributed by atoms with Crippen LogP contribution in [-0.4, -0.2) is 21.9 Å². The second-order valence-electron chi connectivity index (χ2n) is 8.62. The number of fused-ring (bicyclic) bond motifs is 3. The van der Waals surface area contributed by atoms with Gasteiger partial charge in [-0.2, -0.15) is 0 Å². The van der Waals surface area contributed by atoms with Crippen LogP contribution in [0.15, 0.2) is 84.1 Å². The van der Waals surface area contributed by atoms with Crippen molar-refractivity contribution >= 4 is 38.9 Å². The molecule has 33 heavy (non-hydrogen) atoms. The van der Waals surface area contributed by atoms with E-state index in [1.807, 2.05) is 6.08 Å². The standard InChI is InChI=1S/C29H30N4/c1-4-11-22(12-5-2)29-30-18-23(19-31-29)33-27-16-10-9-15-24(27)25-17-26(32-20(3)28(25)33)21-13-7-6-8-14-21/h4,6-7,9-11,13,15-18H,1,5,8,12,14,19H2,2-3H3,(H,30,31)/b22-11+. The Balaban J connectivity index is 1.62. The van der Waals surface area contributed by atoms with Gasteiger partial charge in [0.1, 0.15) is 5.84 Å². The topological polar surface area (TPSA) is 42.2 Å². The molecule has 0 unspecified atom stereocenters. The van der Waals surface area contributed by atoms with Gasteiger partial charge in [-0.3, -0.25) is 9.98 Å². The number of hydrogen-bond donors (Lipinski definition) is 1. The summed E-state index contributed by atoms with van der Waals surface area (Å²) in [6.07, 6.45) is 16.7. The summed E-state index contributed by atoms with van der Waals surface area (Å²) in [6.45, 7) is 8.78. The maximum absolute atomic E-state index is 5.04. The van der Waals surface area contributed by atoms with Crippen LogP contribution in [-0.2, 0) is 0 Å². The molecule has 2 aliphatic rings. The molecular formula is C29H30N4. The van der Waals surface area contributed by atoms with Crippen molar-refractivity contribution in [3.05, 3.63) is 90.5 Å². The lowest BCUT2D eigenvalue weighted by molar-refractivity contribution is 0.917. The van der Waals surface area contributed by atoms with Crippen molar-refractivity contribution in [2.75, 3.05) is 6.54 Å². The molecule has 0 saturated heterocycles. The number of hydrogen-bond acceptors (Lipinski definition) is 3. The molecule has 0 spiro atoms. The molecule has 1 aliphatic heterocycles. The molecule has 1 aromatic carbocycles. The Bertz CT molecular complexity index is 1390. The highest BCUT2D eigenvalue weighted by Crippen LogP contribution is 2.36. The van der Waals surface area contributed by atoms with Crippen molar-refractivity contribution in [3.8, 4) is 0 Å². The molecule has 2 aromatic heterocycles. The molecule has 1 aliphatic carbocycles. The third-order valence-corrected chi connectivity index (χ3v) is 6.37. The Morgan fingerprint density at radius 3 is 2.85 bits per heavy atom. The predicted octanol–water partition coefficient (Wildman–Crippen LogP) is 6.94. The van der Waals surface area contributed by atoms with Gasteiger partial charge in [-0.25, -0.2) is 0 Å². The summed E-state index contributed by atoms with van der Waals surface area (Å²) in [5.74, 6) is 0.940. The van der Waals surface area contributed by atoms with Gasteiger partial charge in [0, 0.05) is 17.0 Å². The molecule has 0 saturated carbocycles. The van der Waals surface area contributed by atoms with Gasteiger partial charge in [-0.1, -0.05) is 68.5 Å². The van der Waals surface area contributed by atoms with E-state index in [0.29, 0.717) is 6.54 Å². The molecule has 0 amide bonds. The molecule has 5 rings (SSSR count). The summed E-state index contributed by atoms with van der Waals surface area (Å²) < 4.78 is 2.33. The Kier molecular flexibility index (Phi) is 5.82. The van der Waals surface area contributed by atoms with E-state index in [1.165, 1.54) is 27.4 Å². The number of allylic oxidation sites excluding steroid dienone is 6. The van der Waals surface area contributed by atoms with Crippen molar-refractivity contribution in [2.45, 2.75) is 39.5 Å². The molecule has 0 radical (unpaired) electrons. The van der Waals surface area contributed by atoms with E-state index in [2.05, 4.69) is 91.1 Å². The van der Waals surface area contributed by atoms with Gasteiger partial charge in [0.15, 0.2) is 0 Å². The zero-order chi connectivity index (χ0) is 22.8. The lowest BCUT2D eigenvalue weighted by atomic mass is 10.00. The van der Waals surface area contributed by atoms with Crippen molar-refractivity contribution in [1.82, 2.24) is 14.9 Å². The highest BCUT2D eigenvalue weighted by molar-refractivity contribution is 6.12. The summed E-state index contributed by atoms with van der Waals surface area (Å²) in [5, 5.41) is 5.95. The average Bonchev–Trinajstić information content (AvgIpc) is 3.20. The number of benzene rings is 1. The number of pyridine rings is 1. The van der Waals surface area contributed by atoms with Crippen LogP contribution < -0.4 is 5.32 Å². The van der Waals surface area contributed by atoms with E-state index < -0.39 is 0 Å². The Morgan fingerprint density at radius 2 is 2.12 bits per heavy atom. The molecule has 4 nitrogen and oxygen atoms in total. The Hall–Kier alpha value is -3.66. The van der Waals surface area contributed by atoms with Gasteiger partial charge in [-0.15, -0.1) is 0 Å². The third kappa shape index (κ3) is 3.86. The number of aromatic nitrogens is 2. The van der Waals surface area contributed by atoms with Crippen LogP contribution in [0.25, 0.3) is 33.1 Å². The van der Waals surface area contributed by atoms with Crippen molar-refractivity contribution in [1.29, 1.82) is 0 Å². The number of amidine groups is 1. The molecule has 4 heteroatoms. The van der Waals surface area contributed by atoms with E-state index in [0.717, 1.165) is 54.1 Å². The number of nitrogens with one attached hydrogen (secondary N) is 1. The van der Waals surface area contributed by atoms with Gasteiger partial charge >= 0.3 is 0 Å². The minimum atomic E-state index is 0.617. The number of aryl methyl sites for hydroxylation is 1.